The molecule has 3 rings (SSSR count). The van der Waals surface area contributed by atoms with Crippen LogP contribution in [0.25, 0.3) is 0 Å². The lowest BCUT2D eigenvalue weighted by molar-refractivity contribution is -0.115. The maximum absolute atomic E-state index is 12.7. The van der Waals surface area contributed by atoms with Crippen molar-refractivity contribution < 1.29 is 23.9 Å². The summed E-state index contributed by atoms with van der Waals surface area (Å²) in [5, 5.41) is 5.60. The molecule has 0 atom stereocenters. The van der Waals surface area contributed by atoms with Gasteiger partial charge in [-0.1, -0.05) is 12.1 Å². The van der Waals surface area contributed by atoms with Crippen molar-refractivity contribution in [3.05, 3.63) is 45.8 Å². The van der Waals surface area contributed by atoms with E-state index in [-0.39, 0.29) is 18.9 Å². The highest BCUT2D eigenvalue weighted by molar-refractivity contribution is 7.17. The van der Waals surface area contributed by atoms with Gasteiger partial charge in [-0.3, -0.25) is 14.9 Å². The van der Waals surface area contributed by atoms with Gasteiger partial charge in [-0.2, -0.15) is 0 Å². The summed E-state index contributed by atoms with van der Waals surface area (Å²) in [6.07, 6.45) is 3.03. The zero-order chi connectivity index (χ0) is 20.8. The van der Waals surface area contributed by atoms with E-state index in [2.05, 4.69) is 10.6 Å². The quantitative estimate of drug-likeness (QED) is 0.749. The molecular formula is C21H24N2O5S. The molecule has 1 aromatic heterocycles. The lowest BCUT2D eigenvalue weighted by Gasteiger charge is -2.13. The molecule has 0 unspecified atom stereocenters. The van der Waals surface area contributed by atoms with Gasteiger partial charge in [0, 0.05) is 4.88 Å². The topological polar surface area (TPSA) is 93.7 Å². The van der Waals surface area contributed by atoms with Crippen LogP contribution in [-0.4, -0.2) is 31.6 Å². The van der Waals surface area contributed by atoms with Crippen molar-refractivity contribution in [1.82, 2.24) is 5.32 Å². The Kier molecular flexibility index (Phi) is 6.87. The normalized spacial score (nSPS) is 12.6. The first kappa shape index (κ1) is 20.9. The van der Waals surface area contributed by atoms with Gasteiger partial charge < -0.3 is 14.8 Å². The monoisotopic (exact) mass is 416 g/mol. The average molecular weight is 416 g/mol. The third-order valence-electron chi connectivity index (χ3n) is 4.67. The second kappa shape index (κ2) is 9.56. The summed E-state index contributed by atoms with van der Waals surface area (Å²) in [6.45, 7) is 1.84. The Labute approximate surface area is 173 Å². The molecule has 2 N–H and O–H groups in total. The lowest BCUT2D eigenvalue weighted by atomic mass is 9.95. The summed E-state index contributed by atoms with van der Waals surface area (Å²) in [4.78, 5) is 38.1. The number of methoxy groups -OCH3 is 1. The lowest BCUT2D eigenvalue weighted by Crippen LogP contribution is -2.32. The molecule has 0 spiro atoms. The van der Waals surface area contributed by atoms with Crippen LogP contribution in [0.3, 0.4) is 0 Å². The van der Waals surface area contributed by atoms with Crippen molar-refractivity contribution in [1.29, 1.82) is 0 Å². The number of carbonyl (C=O) groups is 3. The zero-order valence-corrected chi connectivity index (χ0v) is 17.3. The molecule has 2 aromatic rings. The third-order valence-corrected chi connectivity index (χ3v) is 5.87. The van der Waals surface area contributed by atoms with E-state index in [9.17, 15) is 14.4 Å². The highest BCUT2D eigenvalue weighted by Crippen LogP contribution is 2.38. The molecule has 3 amide bonds. The Morgan fingerprint density at radius 1 is 1.10 bits per heavy atom. The van der Waals surface area contributed by atoms with Gasteiger partial charge in [0.1, 0.15) is 10.8 Å². The number of hydrogen-bond acceptors (Lipinski definition) is 6. The molecule has 1 aromatic carbocycles. The Morgan fingerprint density at radius 3 is 2.52 bits per heavy atom. The maximum Gasteiger partial charge on any atom is 0.414 e. The van der Waals surface area contributed by atoms with E-state index >= 15 is 0 Å². The number of alkyl carbamates (subject to hydrolysis) is 1. The van der Waals surface area contributed by atoms with Crippen LogP contribution in [-0.2, 0) is 28.8 Å². The summed E-state index contributed by atoms with van der Waals surface area (Å²) >= 11 is 1.41. The number of aryl methyl sites for hydroxylation is 1. The molecule has 0 aliphatic heterocycles. The van der Waals surface area contributed by atoms with Gasteiger partial charge in [-0.15, -0.1) is 11.3 Å². The van der Waals surface area contributed by atoms with Crippen molar-refractivity contribution in [3.8, 4) is 5.75 Å². The van der Waals surface area contributed by atoms with Crippen LogP contribution in [0.15, 0.2) is 24.3 Å². The summed E-state index contributed by atoms with van der Waals surface area (Å²) < 4.78 is 9.93. The number of rotatable bonds is 6. The number of hydrogen-bond donors (Lipinski definition) is 2. The largest absolute Gasteiger partial charge is 0.497 e. The number of anilines is 1. The molecule has 8 heteroatoms. The van der Waals surface area contributed by atoms with Crippen molar-refractivity contribution in [2.45, 2.75) is 39.0 Å². The fourth-order valence-electron chi connectivity index (χ4n) is 3.32. The number of carbonyl (C=O) groups excluding carboxylic acids is 3. The standard InChI is InChI=1S/C21H24N2O5S/c1-3-28-21(26)23-19(25)18-15-6-4-5-7-16(15)29-20(18)22-17(24)12-13-8-10-14(27-2)11-9-13/h8-11H,3-7,12H2,1-2H3,(H,22,24)(H,23,25,26). The molecule has 1 aliphatic rings. The number of amides is 3. The molecule has 154 valence electrons. The number of ether oxygens (including phenoxy) is 2. The van der Waals surface area contributed by atoms with E-state index in [0.717, 1.165) is 47.4 Å². The Bertz CT molecular complexity index is 905. The Balaban J connectivity index is 1.78. The molecular weight excluding hydrogens is 392 g/mol. The van der Waals surface area contributed by atoms with Crippen molar-refractivity contribution in [2.75, 3.05) is 19.0 Å². The molecule has 1 aliphatic carbocycles. The predicted octanol–water partition coefficient (Wildman–Crippen LogP) is 3.70. The van der Waals surface area contributed by atoms with E-state index in [4.69, 9.17) is 9.47 Å². The van der Waals surface area contributed by atoms with Crippen molar-refractivity contribution >= 4 is 34.2 Å². The van der Waals surface area contributed by atoms with E-state index < -0.39 is 12.0 Å². The van der Waals surface area contributed by atoms with Crippen LogP contribution in [0.2, 0.25) is 0 Å². The van der Waals surface area contributed by atoms with Gasteiger partial charge in [0.15, 0.2) is 0 Å². The van der Waals surface area contributed by atoms with Crippen molar-refractivity contribution in [2.24, 2.45) is 0 Å². The fraction of sp³-hybridized carbons (Fsp3) is 0.381. The summed E-state index contributed by atoms with van der Waals surface area (Å²) in [5.41, 5.74) is 2.13. The summed E-state index contributed by atoms with van der Waals surface area (Å²) in [5.74, 6) is -0.0421. The smallest absolute Gasteiger partial charge is 0.414 e. The van der Waals surface area contributed by atoms with E-state index in [1.807, 2.05) is 12.1 Å². The zero-order valence-electron chi connectivity index (χ0n) is 16.5. The van der Waals surface area contributed by atoms with Crippen LogP contribution in [0.4, 0.5) is 9.80 Å². The summed E-state index contributed by atoms with van der Waals surface area (Å²) in [6, 6.07) is 7.24. The Hall–Kier alpha value is -2.87. The molecule has 0 bridgehead atoms. The second-order valence-electron chi connectivity index (χ2n) is 6.66. The van der Waals surface area contributed by atoms with Crippen LogP contribution in [0.5, 0.6) is 5.75 Å². The van der Waals surface area contributed by atoms with Gasteiger partial charge in [-0.05, 0) is 55.9 Å². The van der Waals surface area contributed by atoms with Crippen LogP contribution >= 0.6 is 11.3 Å². The molecule has 7 nitrogen and oxygen atoms in total. The minimum absolute atomic E-state index is 0.172. The van der Waals surface area contributed by atoms with Crippen LogP contribution in [0, 0.1) is 0 Å². The van der Waals surface area contributed by atoms with Gasteiger partial charge >= 0.3 is 6.09 Å². The van der Waals surface area contributed by atoms with Gasteiger partial charge in [-0.25, -0.2) is 4.79 Å². The first-order chi connectivity index (χ1) is 14.0. The van der Waals surface area contributed by atoms with Crippen molar-refractivity contribution in [3.63, 3.8) is 0 Å². The minimum atomic E-state index is -0.788. The highest BCUT2D eigenvalue weighted by atomic mass is 32.1. The van der Waals surface area contributed by atoms with E-state index in [1.54, 1.807) is 26.2 Å². The number of imide groups is 1. The third kappa shape index (κ3) is 5.14. The van der Waals surface area contributed by atoms with Gasteiger partial charge in [0.2, 0.25) is 5.91 Å². The predicted molar refractivity (Wildman–Crippen MR) is 111 cm³/mol. The highest BCUT2D eigenvalue weighted by Gasteiger charge is 2.27. The molecule has 0 fully saturated rings. The SMILES string of the molecule is CCOC(=O)NC(=O)c1c(NC(=O)Cc2ccc(OC)cc2)sc2c1CCCC2. The minimum Gasteiger partial charge on any atom is -0.497 e. The molecule has 0 saturated heterocycles. The summed E-state index contributed by atoms with van der Waals surface area (Å²) in [7, 11) is 1.59. The number of thiophene rings is 1. The van der Waals surface area contributed by atoms with Crippen LogP contribution < -0.4 is 15.4 Å². The first-order valence-corrected chi connectivity index (χ1v) is 10.4. The van der Waals surface area contributed by atoms with Crippen LogP contribution in [0.1, 0.15) is 46.1 Å². The first-order valence-electron chi connectivity index (χ1n) is 9.57. The number of benzene rings is 1. The molecule has 0 radical (unpaired) electrons. The van der Waals surface area contributed by atoms with Gasteiger partial charge in [0.25, 0.3) is 5.91 Å². The van der Waals surface area contributed by atoms with E-state index in [0.29, 0.717) is 10.6 Å². The second-order valence-corrected chi connectivity index (χ2v) is 7.77. The number of nitrogens with one attached hydrogen (secondary N) is 2. The fourth-order valence-corrected chi connectivity index (χ4v) is 4.62. The van der Waals surface area contributed by atoms with Gasteiger partial charge in [0.05, 0.1) is 25.7 Å². The molecule has 0 saturated carbocycles. The maximum atomic E-state index is 12.7. The average Bonchev–Trinajstić information content (AvgIpc) is 3.06. The molecule has 29 heavy (non-hydrogen) atoms. The Morgan fingerprint density at radius 2 is 1.83 bits per heavy atom. The molecule has 1 heterocycles. The number of fused-ring (bicyclic) bond motifs is 1. The van der Waals surface area contributed by atoms with E-state index in [1.165, 1.54) is 11.3 Å².